The van der Waals surface area contributed by atoms with Crippen molar-refractivity contribution in [3.63, 3.8) is 0 Å². The molecular weight excluding hydrogens is 195 g/mol. The van der Waals surface area contributed by atoms with Crippen molar-refractivity contribution in [2.24, 2.45) is 0 Å². The zero-order valence-corrected chi connectivity index (χ0v) is 9.63. The molecule has 0 spiro atoms. The summed E-state index contributed by atoms with van der Waals surface area (Å²) in [5, 5.41) is 0.619. The average Bonchev–Trinajstić information content (AvgIpc) is 2.14. The fourth-order valence-corrected chi connectivity index (χ4v) is 2.58. The van der Waals surface area contributed by atoms with Crippen molar-refractivity contribution < 1.29 is 9.46 Å². The predicted molar refractivity (Wildman–Crippen MR) is 60.4 cm³/mol. The second-order valence-electron chi connectivity index (χ2n) is 3.61. The molecule has 0 heterocycles. The fourth-order valence-electron chi connectivity index (χ4n) is 1.49. The van der Waals surface area contributed by atoms with Gasteiger partial charge in [-0.3, -0.25) is 4.57 Å². The van der Waals surface area contributed by atoms with Crippen LogP contribution >= 0.6 is 7.37 Å². The molecule has 0 bridgehead atoms. The number of hydrogen-bond donors (Lipinski definition) is 1. The predicted octanol–water partition coefficient (Wildman–Crippen LogP) is 2.55. The van der Waals surface area contributed by atoms with Gasteiger partial charge in [-0.15, -0.1) is 0 Å². The van der Waals surface area contributed by atoms with Crippen LogP contribution in [0.2, 0.25) is 0 Å². The standard InChI is InChI=1S/C11H17O2P/c1-3-4-7-10-8-5-6-9-11(10)14(2,12)13/h5-6,8-9H,3-4,7H2,1-2H3,(H,12,13). The molecule has 1 aromatic carbocycles. The van der Waals surface area contributed by atoms with E-state index in [0.29, 0.717) is 5.30 Å². The Bertz CT molecular complexity index is 341. The van der Waals surface area contributed by atoms with Crippen molar-refractivity contribution in [1.82, 2.24) is 0 Å². The Morgan fingerprint density at radius 2 is 2.00 bits per heavy atom. The fraction of sp³-hybridized carbons (Fsp3) is 0.455. The summed E-state index contributed by atoms with van der Waals surface area (Å²) in [5.41, 5.74) is 1.02. The highest BCUT2D eigenvalue weighted by atomic mass is 31.2. The minimum Gasteiger partial charge on any atom is -0.341 e. The minimum atomic E-state index is -3.10. The molecule has 2 nitrogen and oxygen atoms in total. The third-order valence-electron chi connectivity index (χ3n) is 2.24. The van der Waals surface area contributed by atoms with Gasteiger partial charge in [-0.25, -0.2) is 0 Å². The highest BCUT2D eigenvalue weighted by molar-refractivity contribution is 7.65. The molecule has 1 unspecified atom stereocenters. The summed E-state index contributed by atoms with van der Waals surface area (Å²) in [4.78, 5) is 9.52. The lowest BCUT2D eigenvalue weighted by Gasteiger charge is -2.11. The maximum Gasteiger partial charge on any atom is 0.226 e. The summed E-state index contributed by atoms with van der Waals surface area (Å²) in [5.74, 6) is 0. The van der Waals surface area contributed by atoms with Crippen LogP contribution in [-0.4, -0.2) is 11.6 Å². The normalized spacial score (nSPS) is 15.1. The molecule has 3 heteroatoms. The minimum absolute atomic E-state index is 0.619. The van der Waals surface area contributed by atoms with E-state index in [9.17, 15) is 9.46 Å². The monoisotopic (exact) mass is 212 g/mol. The first kappa shape index (κ1) is 11.5. The Kier molecular flexibility index (Phi) is 3.91. The molecule has 0 saturated carbocycles. The van der Waals surface area contributed by atoms with Crippen molar-refractivity contribution >= 4 is 12.7 Å². The molecule has 0 aromatic heterocycles. The van der Waals surface area contributed by atoms with E-state index in [0.717, 1.165) is 24.8 Å². The largest absolute Gasteiger partial charge is 0.341 e. The van der Waals surface area contributed by atoms with Crippen molar-refractivity contribution in [2.75, 3.05) is 6.66 Å². The van der Waals surface area contributed by atoms with Gasteiger partial charge in [-0.05, 0) is 24.5 Å². The van der Waals surface area contributed by atoms with E-state index in [4.69, 9.17) is 0 Å². The lowest BCUT2D eigenvalue weighted by molar-refractivity contribution is 0.496. The Morgan fingerprint density at radius 3 is 2.57 bits per heavy atom. The number of hydrogen-bond acceptors (Lipinski definition) is 1. The average molecular weight is 212 g/mol. The molecule has 0 aliphatic rings. The van der Waals surface area contributed by atoms with E-state index >= 15 is 0 Å². The lowest BCUT2D eigenvalue weighted by atomic mass is 10.1. The van der Waals surface area contributed by atoms with E-state index in [1.807, 2.05) is 18.2 Å². The Hall–Kier alpha value is -0.590. The topological polar surface area (TPSA) is 37.3 Å². The van der Waals surface area contributed by atoms with Gasteiger partial charge in [0, 0.05) is 12.0 Å². The van der Waals surface area contributed by atoms with Crippen LogP contribution < -0.4 is 5.30 Å². The van der Waals surface area contributed by atoms with Gasteiger partial charge in [-0.2, -0.15) is 0 Å². The van der Waals surface area contributed by atoms with Gasteiger partial charge in [0.1, 0.15) is 0 Å². The zero-order valence-electron chi connectivity index (χ0n) is 8.73. The molecule has 14 heavy (non-hydrogen) atoms. The van der Waals surface area contributed by atoms with E-state index in [1.54, 1.807) is 6.07 Å². The molecule has 0 amide bonds. The van der Waals surface area contributed by atoms with Gasteiger partial charge in [0.2, 0.25) is 7.37 Å². The maximum absolute atomic E-state index is 11.6. The summed E-state index contributed by atoms with van der Waals surface area (Å²) in [7, 11) is -3.10. The van der Waals surface area contributed by atoms with Crippen LogP contribution in [0.15, 0.2) is 24.3 Å². The molecule has 0 saturated heterocycles. The first-order valence-electron chi connectivity index (χ1n) is 4.94. The van der Waals surface area contributed by atoms with Crippen LogP contribution in [-0.2, 0) is 11.0 Å². The van der Waals surface area contributed by atoms with E-state index in [1.165, 1.54) is 6.66 Å². The first-order valence-corrected chi connectivity index (χ1v) is 7.05. The number of benzene rings is 1. The first-order chi connectivity index (χ1) is 6.55. The Morgan fingerprint density at radius 1 is 1.36 bits per heavy atom. The van der Waals surface area contributed by atoms with Crippen molar-refractivity contribution in [2.45, 2.75) is 26.2 Å². The van der Waals surface area contributed by atoms with Crippen LogP contribution in [0, 0.1) is 0 Å². The van der Waals surface area contributed by atoms with Crippen LogP contribution in [0.1, 0.15) is 25.3 Å². The quantitative estimate of drug-likeness (QED) is 0.779. The summed E-state index contributed by atoms with van der Waals surface area (Å²) in [6.45, 7) is 3.52. The van der Waals surface area contributed by atoms with E-state index in [2.05, 4.69) is 6.92 Å². The Labute approximate surface area is 85.4 Å². The number of aryl methyl sites for hydroxylation is 1. The van der Waals surface area contributed by atoms with Crippen LogP contribution in [0.5, 0.6) is 0 Å². The molecular formula is C11H17O2P. The van der Waals surface area contributed by atoms with E-state index in [-0.39, 0.29) is 0 Å². The second kappa shape index (κ2) is 4.77. The van der Waals surface area contributed by atoms with Gasteiger partial charge < -0.3 is 4.89 Å². The molecule has 1 rings (SSSR count). The molecule has 0 fully saturated rings. The summed E-state index contributed by atoms with van der Waals surface area (Å²) < 4.78 is 11.6. The number of unbranched alkanes of at least 4 members (excludes halogenated alkanes) is 1. The van der Waals surface area contributed by atoms with Crippen LogP contribution in [0.3, 0.4) is 0 Å². The maximum atomic E-state index is 11.6. The van der Waals surface area contributed by atoms with Gasteiger partial charge in [0.25, 0.3) is 0 Å². The summed E-state index contributed by atoms with van der Waals surface area (Å²) in [6, 6.07) is 7.43. The van der Waals surface area contributed by atoms with Crippen LogP contribution in [0.25, 0.3) is 0 Å². The molecule has 1 atom stereocenters. The zero-order chi connectivity index (χ0) is 10.6. The van der Waals surface area contributed by atoms with Crippen LogP contribution in [0.4, 0.5) is 0 Å². The second-order valence-corrected chi connectivity index (χ2v) is 5.85. The van der Waals surface area contributed by atoms with Gasteiger partial charge in [0.15, 0.2) is 0 Å². The van der Waals surface area contributed by atoms with Gasteiger partial charge >= 0.3 is 0 Å². The summed E-state index contributed by atoms with van der Waals surface area (Å²) in [6.07, 6.45) is 3.07. The molecule has 1 N–H and O–H groups in total. The smallest absolute Gasteiger partial charge is 0.226 e. The SMILES string of the molecule is CCCCc1ccccc1P(C)(=O)O. The summed E-state index contributed by atoms with van der Waals surface area (Å²) >= 11 is 0. The highest BCUT2D eigenvalue weighted by Crippen LogP contribution is 2.35. The van der Waals surface area contributed by atoms with Crippen molar-refractivity contribution in [1.29, 1.82) is 0 Å². The van der Waals surface area contributed by atoms with E-state index < -0.39 is 7.37 Å². The van der Waals surface area contributed by atoms with Crippen molar-refractivity contribution in [3.05, 3.63) is 29.8 Å². The third kappa shape index (κ3) is 2.97. The molecule has 0 aliphatic carbocycles. The van der Waals surface area contributed by atoms with Crippen molar-refractivity contribution in [3.8, 4) is 0 Å². The van der Waals surface area contributed by atoms with Gasteiger partial charge in [-0.1, -0.05) is 31.5 Å². The molecule has 1 aromatic rings. The third-order valence-corrected chi connectivity index (χ3v) is 3.57. The molecule has 78 valence electrons. The van der Waals surface area contributed by atoms with Gasteiger partial charge in [0.05, 0.1) is 0 Å². The highest BCUT2D eigenvalue weighted by Gasteiger charge is 2.16. The number of rotatable bonds is 4. The lowest BCUT2D eigenvalue weighted by Crippen LogP contribution is -2.10. The molecule has 0 aliphatic heterocycles. The molecule has 0 radical (unpaired) electrons. The Balaban J connectivity index is 2.98.